The Morgan fingerprint density at radius 3 is 2.43 bits per heavy atom. The number of benzene rings is 1. The predicted molar refractivity (Wildman–Crippen MR) is 58.5 cm³/mol. The number of nitrogen functional groups attached to an aromatic ring is 2. The van der Waals surface area contributed by atoms with Crippen LogP contribution >= 0.6 is 0 Å². The van der Waals surface area contributed by atoms with Crippen LogP contribution in [0.2, 0.25) is 0 Å². The number of nitrogens with two attached hydrogens (primary N) is 2. The van der Waals surface area contributed by atoms with Gasteiger partial charge in [-0.1, -0.05) is 30.3 Å². The lowest BCUT2D eigenvalue weighted by Crippen LogP contribution is -1.96. The van der Waals surface area contributed by atoms with Crippen LogP contribution in [0.15, 0.2) is 42.6 Å². The molecule has 2 aromatic rings. The molecule has 0 saturated heterocycles. The Labute approximate surface area is 82.4 Å². The van der Waals surface area contributed by atoms with Crippen LogP contribution in [0.4, 0.5) is 11.5 Å². The number of aromatic nitrogens is 1. The molecule has 0 fully saturated rings. The third kappa shape index (κ3) is 1.52. The molecule has 1 aromatic carbocycles. The summed E-state index contributed by atoms with van der Waals surface area (Å²) in [7, 11) is 0. The van der Waals surface area contributed by atoms with Crippen LogP contribution in [0, 0.1) is 0 Å². The molecule has 0 spiro atoms. The molecule has 0 aliphatic rings. The monoisotopic (exact) mass is 185 g/mol. The maximum Gasteiger partial charge on any atom is 0.131 e. The quantitative estimate of drug-likeness (QED) is 0.713. The van der Waals surface area contributed by atoms with Gasteiger partial charge in [-0.2, -0.15) is 0 Å². The highest BCUT2D eigenvalue weighted by Gasteiger charge is 2.02. The molecule has 70 valence electrons. The first kappa shape index (κ1) is 8.56. The summed E-state index contributed by atoms with van der Waals surface area (Å²) in [5.41, 5.74) is 13.9. The summed E-state index contributed by atoms with van der Waals surface area (Å²) >= 11 is 0. The van der Waals surface area contributed by atoms with Gasteiger partial charge >= 0.3 is 0 Å². The summed E-state index contributed by atoms with van der Waals surface area (Å²) in [6, 6.07) is 11.7. The fourth-order valence-corrected chi connectivity index (χ4v) is 1.34. The lowest BCUT2D eigenvalue weighted by Gasteiger charge is -2.05. The zero-order valence-corrected chi connectivity index (χ0v) is 7.64. The highest BCUT2D eigenvalue weighted by molar-refractivity contribution is 5.76. The molecule has 1 heterocycles. The van der Waals surface area contributed by atoms with Crippen molar-refractivity contribution in [1.29, 1.82) is 0 Å². The summed E-state index contributed by atoms with van der Waals surface area (Å²) < 4.78 is 0. The molecule has 3 heteroatoms. The number of rotatable bonds is 1. The van der Waals surface area contributed by atoms with Gasteiger partial charge in [0.1, 0.15) is 5.82 Å². The van der Waals surface area contributed by atoms with Crippen molar-refractivity contribution in [3.05, 3.63) is 42.6 Å². The second-order valence-corrected chi connectivity index (χ2v) is 3.07. The van der Waals surface area contributed by atoms with Gasteiger partial charge in [0.05, 0.1) is 11.9 Å². The van der Waals surface area contributed by atoms with Crippen molar-refractivity contribution in [2.24, 2.45) is 0 Å². The van der Waals surface area contributed by atoms with Crippen molar-refractivity contribution in [3.8, 4) is 11.1 Å². The summed E-state index contributed by atoms with van der Waals surface area (Å²) in [6.07, 6.45) is 1.56. The molecule has 2 rings (SSSR count). The van der Waals surface area contributed by atoms with Gasteiger partial charge in [-0.15, -0.1) is 0 Å². The van der Waals surface area contributed by atoms with Gasteiger partial charge < -0.3 is 11.5 Å². The molecule has 0 atom stereocenters. The minimum atomic E-state index is 0.505. The molecular formula is C11H11N3. The Bertz CT molecular complexity index is 438. The molecule has 14 heavy (non-hydrogen) atoms. The smallest absolute Gasteiger partial charge is 0.131 e. The van der Waals surface area contributed by atoms with E-state index in [2.05, 4.69) is 4.98 Å². The normalized spacial score (nSPS) is 10.0. The summed E-state index contributed by atoms with van der Waals surface area (Å²) in [5.74, 6) is 0.505. The van der Waals surface area contributed by atoms with Gasteiger partial charge in [-0.25, -0.2) is 4.98 Å². The van der Waals surface area contributed by atoms with Gasteiger partial charge in [0.15, 0.2) is 0 Å². The van der Waals surface area contributed by atoms with Gasteiger partial charge in [-0.3, -0.25) is 0 Å². The first-order valence-electron chi connectivity index (χ1n) is 4.34. The largest absolute Gasteiger partial charge is 0.397 e. The second-order valence-electron chi connectivity index (χ2n) is 3.07. The van der Waals surface area contributed by atoms with E-state index in [1.165, 1.54) is 0 Å². The van der Waals surface area contributed by atoms with Crippen LogP contribution in [-0.4, -0.2) is 4.98 Å². The predicted octanol–water partition coefficient (Wildman–Crippen LogP) is 1.91. The van der Waals surface area contributed by atoms with Gasteiger partial charge in [0.25, 0.3) is 0 Å². The molecule has 1 aromatic heterocycles. The van der Waals surface area contributed by atoms with E-state index in [9.17, 15) is 0 Å². The summed E-state index contributed by atoms with van der Waals surface area (Å²) in [4.78, 5) is 4.01. The number of pyridine rings is 1. The third-order valence-corrected chi connectivity index (χ3v) is 2.02. The van der Waals surface area contributed by atoms with Crippen molar-refractivity contribution < 1.29 is 0 Å². The van der Waals surface area contributed by atoms with E-state index < -0.39 is 0 Å². The minimum absolute atomic E-state index is 0.505. The fourth-order valence-electron chi connectivity index (χ4n) is 1.34. The molecule has 0 radical (unpaired) electrons. The molecule has 0 amide bonds. The van der Waals surface area contributed by atoms with E-state index in [1.54, 1.807) is 6.20 Å². The number of hydrogen-bond acceptors (Lipinski definition) is 3. The van der Waals surface area contributed by atoms with Gasteiger partial charge in [0, 0.05) is 5.56 Å². The Balaban J connectivity index is 2.57. The van der Waals surface area contributed by atoms with Crippen molar-refractivity contribution >= 4 is 11.5 Å². The third-order valence-electron chi connectivity index (χ3n) is 2.02. The van der Waals surface area contributed by atoms with Crippen LogP contribution in [0.5, 0.6) is 0 Å². The van der Waals surface area contributed by atoms with Crippen molar-refractivity contribution in [2.75, 3.05) is 11.5 Å². The van der Waals surface area contributed by atoms with E-state index in [0.717, 1.165) is 11.1 Å². The Morgan fingerprint density at radius 1 is 1.00 bits per heavy atom. The van der Waals surface area contributed by atoms with E-state index in [1.807, 2.05) is 36.4 Å². The van der Waals surface area contributed by atoms with Crippen LogP contribution in [0.1, 0.15) is 0 Å². The molecule has 0 aliphatic carbocycles. The molecule has 0 bridgehead atoms. The van der Waals surface area contributed by atoms with Crippen LogP contribution in [-0.2, 0) is 0 Å². The highest BCUT2D eigenvalue weighted by atomic mass is 14.8. The van der Waals surface area contributed by atoms with Crippen molar-refractivity contribution in [1.82, 2.24) is 4.98 Å². The first-order chi connectivity index (χ1) is 6.77. The van der Waals surface area contributed by atoms with Gasteiger partial charge in [0.2, 0.25) is 0 Å². The number of anilines is 2. The second kappa shape index (κ2) is 3.38. The van der Waals surface area contributed by atoms with E-state index in [0.29, 0.717) is 11.5 Å². The topological polar surface area (TPSA) is 64.9 Å². The lowest BCUT2D eigenvalue weighted by atomic mass is 10.1. The maximum absolute atomic E-state index is 5.75. The van der Waals surface area contributed by atoms with Gasteiger partial charge in [-0.05, 0) is 11.6 Å². The number of hydrogen-bond donors (Lipinski definition) is 2. The molecule has 4 N–H and O–H groups in total. The standard InChI is InChI=1S/C11H11N3/c12-9-6-10(11(13)14-7-9)8-4-2-1-3-5-8/h1-7H,12H2,(H2,13,14). The lowest BCUT2D eigenvalue weighted by molar-refractivity contribution is 1.34. The Morgan fingerprint density at radius 2 is 1.71 bits per heavy atom. The fraction of sp³-hybridized carbons (Fsp3) is 0. The zero-order valence-electron chi connectivity index (χ0n) is 7.64. The Kier molecular flexibility index (Phi) is 2.07. The average Bonchev–Trinajstić information content (AvgIpc) is 2.23. The van der Waals surface area contributed by atoms with E-state index in [-0.39, 0.29) is 0 Å². The van der Waals surface area contributed by atoms with E-state index in [4.69, 9.17) is 11.5 Å². The summed E-state index contributed by atoms with van der Waals surface area (Å²) in [5, 5.41) is 0. The average molecular weight is 185 g/mol. The first-order valence-corrected chi connectivity index (χ1v) is 4.34. The van der Waals surface area contributed by atoms with Crippen molar-refractivity contribution in [3.63, 3.8) is 0 Å². The highest BCUT2D eigenvalue weighted by Crippen LogP contribution is 2.25. The summed E-state index contributed by atoms with van der Waals surface area (Å²) in [6.45, 7) is 0. The Hall–Kier alpha value is -2.03. The van der Waals surface area contributed by atoms with Crippen LogP contribution < -0.4 is 11.5 Å². The molecular weight excluding hydrogens is 174 g/mol. The molecule has 0 aliphatic heterocycles. The minimum Gasteiger partial charge on any atom is -0.397 e. The van der Waals surface area contributed by atoms with Crippen molar-refractivity contribution in [2.45, 2.75) is 0 Å². The molecule has 0 saturated carbocycles. The molecule has 3 nitrogen and oxygen atoms in total. The number of nitrogens with zero attached hydrogens (tertiary/aromatic N) is 1. The van der Waals surface area contributed by atoms with Crippen LogP contribution in [0.3, 0.4) is 0 Å². The molecule has 0 unspecified atom stereocenters. The van der Waals surface area contributed by atoms with Crippen LogP contribution in [0.25, 0.3) is 11.1 Å². The maximum atomic E-state index is 5.75. The van der Waals surface area contributed by atoms with E-state index >= 15 is 0 Å². The zero-order chi connectivity index (χ0) is 9.97. The SMILES string of the molecule is Nc1cnc(N)c(-c2ccccc2)c1.